The van der Waals surface area contributed by atoms with Gasteiger partial charge >= 0.3 is 0 Å². The minimum atomic E-state index is -2.69. The van der Waals surface area contributed by atoms with E-state index in [2.05, 4.69) is 9.72 Å². The molecule has 0 saturated carbocycles. The Morgan fingerprint density at radius 3 is 2.67 bits per heavy atom. The molecule has 2 saturated heterocycles. The Morgan fingerprint density at radius 2 is 1.97 bits per heavy atom. The number of benzene rings is 2. The Morgan fingerprint density at radius 1 is 1.15 bits per heavy atom. The van der Waals surface area contributed by atoms with E-state index in [1.165, 1.54) is 0 Å². The molecule has 6 rings (SSSR count). The van der Waals surface area contributed by atoms with Gasteiger partial charge in [0.15, 0.2) is 0 Å². The van der Waals surface area contributed by atoms with Gasteiger partial charge in [0.05, 0.1) is 46.7 Å². The minimum absolute atomic E-state index is 0.0100. The third-order valence-corrected chi connectivity index (χ3v) is 9.95. The molecule has 1 unspecified atom stereocenters. The van der Waals surface area contributed by atoms with Crippen LogP contribution in [0.5, 0.6) is 5.75 Å². The average molecular weight is 571 g/mol. The van der Waals surface area contributed by atoms with Crippen molar-refractivity contribution >= 4 is 44.8 Å². The van der Waals surface area contributed by atoms with Crippen molar-refractivity contribution in [3.63, 3.8) is 0 Å². The number of hydrogen-bond acceptors (Lipinski definition) is 7. The molecule has 2 N–H and O–H groups in total. The normalized spacial score (nSPS) is 22.0. The number of amides is 1. The Kier molecular flexibility index (Phi) is 6.61. The zero-order valence-electron chi connectivity index (χ0n) is 22.1. The second kappa shape index (κ2) is 9.85. The molecule has 11 heteroatoms. The van der Waals surface area contributed by atoms with Gasteiger partial charge < -0.3 is 18.7 Å². The molecule has 0 aliphatic carbocycles. The van der Waals surface area contributed by atoms with Crippen LogP contribution in [0.15, 0.2) is 40.9 Å². The Hall–Kier alpha value is -3.05. The lowest BCUT2D eigenvalue weighted by atomic mass is 10.0. The summed E-state index contributed by atoms with van der Waals surface area (Å²) in [6, 6.07) is 10.9. The van der Waals surface area contributed by atoms with Gasteiger partial charge in [-0.15, -0.1) is 0 Å². The second-order valence-electron chi connectivity index (χ2n) is 10.3. The Balaban J connectivity index is 1.51. The van der Waals surface area contributed by atoms with E-state index >= 15 is 0 Å². The van der Waals surface area contributed by atoms with Gasteiger partial charge in [-0.1, -0.05) is 22.8 Å². The first-order chi connectivity index (χ1) is 18.7. The number of carbonyl (C=O) groups excluding carboxylic acids is 1. The summed E-state index contributed by atoms with van der Waals surface area (Å²) >= 11 is 6.44. The number of methoxy groups -OCH3 is 1. The third kappa shape index (κ3) is 4.59. The van der Waals surface area contributed by atoms with E-state index in [0.717, 1.165) is 45.9 Å². The summed E-state index contributed by atoms with van der Waals surface area (Å²) < 4.78 is 34.1. The largest absolute Gasteiger partial charge is 0.495 e. The van der Waals surface area contributed by atoms with Crippen molar-refractivity contribution in [1.29, 1.82) is 0 Å². The molecule has 4 aromatic rings. The fourth-order valence-corrected chi connectivity index (χ4v) is 8.05. The molecule has 2 atom stereocenters. The average Bonchev–Trinajstić information content (AvgIpc) is 3.56. The van der Waals surface area contributed by atoms with Crippen LogP contribution >= 0.6 is 22.2 Å². The molecule has 1 amide bonds. The highest BCUT2D eigenvalue weighted by atomic mass is 35.5. The SMILES string of the molecule is COc1ccc(N2C(=O)CC[C@H]2c2nc3cc(-c4c(C)noc4C)ccc3n2C2CCCS(O)(O)C2)cc1Cl. The third-order valence-electron chi connectivity index (χ3n) is 7.80. The van der Waals surface area contributed by atoms with Gasteiger partial charge in [-0.25, -0.2) is 4.98 Å². The van der Waals surface area contributed by atoms with Crippen molar-refractivity contribution in [2.24, 2.45) is 0 Å². The van der Waals surface area contributed by atoms with Crippen molar-refractivity contribution in [2.75, 3.05) is 23.5 Å². The molecular formula is C28H31ClN4O5S. The lowest BCUT2D eigenvalue weighted by Gasteiger charge is -2.41. The van der Waals surface area contributed by atoms with Crippen LogP contribution in [0.2, 0.25) is 5.02 Å². The number of nitrogens with zero attached hydrogens (tertiary/aromatic N) is 4. The first-order valence-corrected chi connectivity index (χ1v) is 15.3. The predicted molar refractivity (Wildman–Crippen MR) is 153 cm³/mol. The van der Waals surface area contributed by atoms with Crippen molar-refractivity contribution in [2.45, 2.75) is 51.6 Å². The molecule has 2 aromatic heterocycles. The number of imidazole rings is 1. The van der Waals surface area contributed by atoms with Gasteiger partial charge in [0, 0.05) is 23.4 Å². The number of fused-ring (bicyclic) bond motifs is 1. The number of halogens is 1. The zero-order valence-corrected chi connectivity index (χ0v) is 23.6. The summed E-state index contributed by atoms with van der Waals surface area (Å²) in [6.45, 7) is 3.80. The summed E-state index contributed by atoms with van der Waals surface area (Å²) in [6.07, 6.45) is 2.48. The lowest BCUT2D eigenvalue weighted by molar-refractivity contribution is -0.117. The number of ether oxygens (including phenoxy) is 1. The van der Waals surface area contributed by atoms with Gasteiger partial charge in [0.25, 0.3) is 0 Å². The standard InChI is InChI=1S/C28H31ClN4O5S/c1-16-27(17(2)38-31-16)18-6-8-23-22(13-18)30-28(33(23)20-5-4-12-39(35,36)15-20)24-9-11-26(34)32(24)19-7-10-25(37-3)21(29)14-19/h6-8,10,13-14,20,24,35-36H,4-5,9,11-12,15H2,1-3H3/t20?,24-/m0/s1. The van der Waals surface area contributed by atoms with E-state index in [4.69, 9.17) is 25.8 Å². The van der Waals surface area contributed by atoms with Crippen LogP contribution in [-0.2, 0) is 4.79 Å². The fraction of sp³-hybridized carbons (Fsp3) is 0.393. The Labute approximate surface area is 233 Å². The van der Waals surface area contributed by atoms with Gasteiger partial charge in [-0.05, 0) is 69.0 Å². The monoisotopic (exact) mass is 570 g/mol. The zero-order chi connectivity index (χ0) is 27.5. The van der Waals surface area contributed by atoms with E-state index in [1.807, 2.05) is 38.1 Å². The van der Waals surface area contributed by atoms with E-state index in [0.29, 0.717) is 41.5 Å². The molecule has 2 aliphatic heterocycles. The van der Waals surface area contributed by atoms with Crippen molar-refractivity contribution < 1.29 is 23.2 Å². The van der Waals surface area contributed by atoms with Crippen LogP contribution in [0, 0.1) is 13.8 Å². The van der Waals surface area contributed by atoms with Crippen LogP contribution in [0.1, 0.15) is 55.0 Å². The highest BCUT2D eigenvalue weighted by Gasteiger charge is 2.39. The quantitative estimate of drug-likeness (QED) is 0.267. The van der Waals surface area contributed by atoms with Gasteiger partial charge in [0.1, 0.15) is 17.3 Å². The van der Waals surface area contributed by atoms with Gasteiger partial charge in [0.2, 0.25) is 5.91 Å². The van der Waals surface area contributed by atoms with Crippen molar-refractivity contribution in [3.05, 3.63) is 58.7 Å². The van der Waals surface area contributed by atoms with Crippen LogP contribution in [-0.4, -0.2) is 48.3 Å². The summed E-state index contributed by atoms with van der Waals surface area (Å²) in [4.78, 5) is 20.1. The van der Waals surface area contributed by atoms with Crippen LogP contribution < -0.4 is 9.64 Å². The number of anilines is 1. The number of hydrogen-bond donors (Lipinski definition) is 2. The first-order valence-electron chi connectivity index (χ1n) is 13.0. The summed E-state index contributed by atoms with van der Waals surface area (Å²) in [5, 5.41) is 4.53. The molecule has 0 spiro atoms. The molecule has 2 aromatic carbocycles. The second-order valence-corrected chi connectivity index (χ2v) is 13.1. The maximum atomic E-state index is 13.2. The van der Waals surface area contributed by atoms with E-state index < -0.39 is 10.6 Å². The number of carbonyl (C=O) groups is 1. The van der Waals surface area contributed by atoms with Crippen LogP contribution in [0.25, 0.3) is 22.2 Å². The van der Waals surface area contributed by atoms with E-state index in [9.17, 15) is 13.9 Å². The fourth-order valence-electron chi connectivity index (χ4n) is 6.07. The molecular weight excluding hydrogens is 540 g/mol. The van der Waals surface area contributed by atoms with E-state index in [-0.39, 0.29) is 23.7 Å². The summed E-state index contributed by atoms with van der Waals surface area (Å²) in [5.74, 6) is 2.68. The molecule has 4 heterocycles. The number of aromatic nitrogens is 3. The topological polar surface area (TPSA) is 114 Å². The molecule has 9 nitrogen and oxygen atoms in total. The van der Waals surface area contributed by atoms with E-state index in [1.54, 1.807) is 24.1 Å². The van der Waals surface area contributed by atoms with Crippen LogP contribution in [0.3, 0.4) is 0 Å². The van der Waals surface area contributed by atoms with Gasteiger partial charge in [-0.2, -0.15) is 10.6 Å². The molecule has 2 aliphatic rings. The molecule has 39 heavy (non-hydrogen) atoms. The van der Waals surface area contributed by atoms with Crippen LogP contribution in [0.4, 0.5) is 5.69 Å². The van der Waals surface area contributed by atoms with Crippen molar-refractivity contribution in [3.8, 4) is 16.9 Å². The smallest absolute Gasteiger partial charge is 0.227 e. The molecule has 0 radical (unpaired) electrons. The molecule has 206 valence electrons. The Bertz CT molecular complexity index is 1560. The summed E-state index contributed by atoms with van der Waals surface area (Å²) in [5.41, 5.74) is 5.04. The van der Waals surface area contributed by atoms with Crippen molar-refractivity contribution in [1.82, 2.24) is 14.7 Å². The summed E-state index contributed by atoms with van der Waals surface area (Å²) in [7, 11) is -1.14. The lowest BCUT2D eigenvalue weighted by Crippen LogP contribution is -2.32. The maximum Gasteiger partial charge on any atom is 0.227 e. The first kappa shape index (κ1) is 26.2. The predicted octanol–water partition coefficient (Wildman–Crippen LogP) is 6.92. The molecule has 2 fully saturated rings. The minimum Gasteiger partial charge on any atom is -0.495 e. The van der Waals surface area contributed by atoms with Gasteiger partial charge in [-0.3, -0.25) is 13.9 Å². The molecule has 0 bridgehead atoms. The highest BCUT2D eigenvalue weighted by Crippen LogP contribution is 2.50. The highest BCUT2D eigenvalue weighted by molar-refractivity contribution is 8.24. The number of rotatable bonds is 5. The maximum absolute atomic E-state index is 13.2. The number of aryl methyl sites for hydroxylation is 2.